The van der Waals surface area contributed by atoms with Gasteiger partial charge in [0.15, 0.2) is 0 Å². The van der Waals surface area contributed by atoms with Crippen LogP contribution in [0.4, 0.5) is 0 Å². The zero-order chi connectivity index (χ0) is 29.5. The molecule has 0 unspecified atom stereocenters. The Morgan fingerprint density at radius 2 is 0.974 bits per heavy atom. The van der Waals surface area contributed by atoms with Crippen molar-refractivity contribution >= 4 is 53.1 Å². The van der Waals surface area contributed by atoms with Crippen molar-refractivity contribution < 1.29 is 45.8 Å². The number of ether oxygens (including phenoxy) is 2. The van der Waals surface area contributed by atoms with E-state index in [0.717, 1.165) is 11.1 Å². The molecule has 0 aliphatic carbocycles. The van der Waals surface area contributed by atoms with Crippen molar-refractivity contribution in [2.45, 2.75) is 23.6 Å². The summed E-state index contributed by atoms with van der Waals surface area (Å²) in [5, 5.41) is 24.8. The van der Waals surface area contributed by atoms with Crippen LogP contribution in [0.5, 0.6) is 0 Å². The number of rotatable bonds is 12. The summed E-state index contributed by atoms with van der Waals surface area (Å²) in [5.74, 6) is 0. The average molecular weight is 642 g/mol. The first-order chi connectivity index (χ1) is 17.9. The number of halogens is 3. The van der Waals surface area contributed by atoms with Gasteiger partial charge in [0.05, 0.1) is 68.0 Å². The molecule has 220 valence electrons. The standard InChI is InChI=1S/C11H16O5S.C7H7ClO2S.C4H10O3.CH2Cl2/c1-10-2-4-11(5-3-10)17(13,14)16-9-8-15-7-6-12;1-6-2-4-7(5-3-6)11(8,9)10;5-1-3-7-4-2-6;2-1-3/h2-5,12H,6-9H2,1H3;2-5H,1H3;5-6H,1-4H2;1H2. The lowest BCUT2D eigenvalue weighted by Gasteiger charge is -2.06. The second kappa shape index (κ2) is 23.8. The van der Waals surface area contributed by atoms with Crippen LogP contribution in [0.15, 0.2) is 58.3 Å². The van der Waals surface area contributed by atoms with Gasteiger partial charge in [0.2, 0.25) is 0 Å². The molecule has 2 aromatic carbocycles. The quantitative estimate of drug-likeness (QED) is 0.136. The van der Waals surface area contributed by atoms with Crippen molar-refractivity contribution in [1.29, 1.82) is 0 Å². The monoisotopic (exact) mass is 640 g/mol. The van der Waals surface area contributed by atoms with Crippen molar-refractivity contribution in [2.75, 3.05) is 58.2 Å². The van der Waals surface area contributed by atoms with E-state index >= 15 is 0 Å². The molecule has 0 saturated carbocycles. The minimum atomic E-state index is -3.71. The molecule has 2 aromatic rings. The van der Waals surface area contributed by atoms with Gasteiger partial charge in [-0.1, -0.05) is 35.4 Å². The van der Waals surface area contributed by atoms with E-state index in [1.165, 1.54) is 24.3 Å². The lowest BCUT2D eigenvalue weighted by molar-refractivity contribution is 0.0650. The SMILES string of the molecule is Cc1ccc(S(=O)(=O)Cl)cc1.Cc1ccc(S(=O)(=O)OCCOCCO)cc1.ClCCl.OCCOCCO. The van der Waals surface area contributed by atoms with E-state index in [0.29, 0.717) is 13.2 Å². The molecule has 0 amide bonds. The highest BCUT2D eigenvalue weighted by atomic mass is 35.7. The predicted octanol–water partition coefficient (Wildman–Crippen LogP) is 3.04. The minimum Gasteiger partial charge on any atom is -0.394 e. The van der Waals surface area contributed by atoms with Gasteiger partial charge in [-0.25, -0.2) is 8.42 Å². The van der Waals surface area contributed by atoms with Crippen LogP contribution in [0.2, 0.25) is 0 Å². The molecule has 0 spiro atoms. The summed E-state index contributed by atoms with van der Waals surface area (Å²) in [6, 6.07) is 12.8. The molecule has 38 heavy (non-hydrogen) atoms. The van der Waals surface area contributed by atoms with Crippen LogP contribution >= 0.6 is 33.9 Å². The summed E-state index contributed by atoms with van der Waals surface area (Å²) in [6.07, 6.45) is 0. The Morgan fingerprint density at radius 3 is 1.32 bits per heavy atom. The third-order valence-electron chi connectivity index (χ3n) is 3.79. The molecule has 0 fully saturated rings. The Bertz CT molecular complexity index is 1030. The molecule has 0 aromatic heterocycles. The van der Waals surface area contributed by atoms with Crippen LogP contribution in [-0.2, 0) is 32.8 Å². The maximum absolute atomic E-state index is 11.6. The predicted molar refractivity (Wildman–Crippen MR) is 148 cm³/mol. The Morgan fingerprint density at radius 1 is 0.632 bits per heavy atom. The van der Waals surface area contributed by atoms with E-state index < -0.39 is 19.2 Å². The summed E-state index contributed by atoms with van der Waals surface area (Å²) < 4.78 is 59.0. The van der Waals surface area contributed by atoms with Crippen molar-refractivity contribution in [3.05, 3.63) is 59.7 Å². The highest BCUT2D eigenvalue weighted by molar-refractivity contribution is 8.13. The topological polar surface area (TPSA) is 157 Å². The maximum atomic E-state index is 11.6. The van der Waals surface area contributed by atoms with Gasteiger partial charge in [0.1, 0.15) is 0 Å². The molecule has 10 nitrogen and oxygen atoms in total. The first kappa shape index (κ1) is 39.1. The molecule has 0 heterocycles. The average Bonchev–Trinajstić information content (AvgIpc) is 2.85. The first-order valence-corrected chi connectivity index (χ1v) is 15.8. The van der Waals surface area contributed by atoms with Crippen molar-refractivity contribution in [2.24, 2.45) is 0 Å². The van der Waals surface area contributed by atoms with Gasteiger partial charge in [-0.2, -0.15) is 8.42 Å². The van der Waals surface area contributed by atoms with Crippen LogP contribution in [0.3, 0.4) is 0 Å². The van der Waals surface area contributed by atoms with Crippen LogP contribution < -0.4 is 0 Å². The zero-order valence-electron chi connectivity index (χ0n) is 21.1. The summed E-state index contributed by atoms with van der Waals surface area (Å²) >= 11 is 9.53. The summed E-state index contributed by atoms with van der Waals surface area (Å²) in [5.41, 5.74) is 1.99. The molecule has 15 heteroatoms. The Labute approximate surface area is 239 Å². The fourth-order valence-corrected chi connectivity index (χ4v) is 3.74. The van der Waals surface area contributed by atoms with E-state index in [4.69, 9.17) is 58.1 Å². The molecule has 3 N–H and O–H groups in total. The smallest absolute Gasteiger partial charge is 0.297 e. The molecular formula is C23H35Cl3O10S2. The van der Waals surface area contributed by atoms with Crippen LogP contribution in [0, 0.1) is 13.8 Å². The Balaban J connectivity index is 0. The van der Waals surface area contributed by atoms with E-state index in [-0.39, 0.29) is 54.8 Å². The van der Waals surface area contributed by atoms with Gasteiger partial charge < -0.3 is 24.8 Å². The molecule has 0 bridgehead atoms. The molecule has 0 saturated heterocycles. The number of hydrogen-bond donors (Lipinski definition) is 3. The molecule has 0 radical (unpaired) electrons. The minimum absolute atomic E-state index is 0.0278. The van der Waals surface area contributed by atoms with E-state index in [9.17, 15) is 16.8 Å². The van der Waals surface area contributed by atoms with E-state index in [2.05, 4.69) is 4.74 Å². The van der Waals surface area contributed by atoms with E-state index in [1.807, 2.05) is 13.8 Å². The van der Waals surface area contributed by atoms with Crippen LogP contribution in [0.1, 0.15) is 11.1 Å². The lowest BCUT2D eigenvalue weighted by Crippen LogP contribution is -2.12. The molecule has 0 aliphatic heterocycles. The number of aryl methyl sites for hydroxylation is 2. The van der Waals surface area contributed by atoms with E-state index in [1.54, 1.807) is 24.3 Å². The van der Waals surface area contributed by atoms with Gasteiger partial charge in [-0.3, -0.25) is 4.18 Å². The van der Waals surface area contributed by atoms with Gasteiger partial charge >= 0.3 is 0 Å². The molecule has 0 atom stereocenters. The first-order valence-electron chi connectivity index (χ1n) is 11.0. The summed E-state index contributed by atoms with van der Waals surface area (Å²) in [7, 11) is -2.17. The van der Waals surface area contributed by atoms with Gasteiger partial charge in [-0.15, -0.1) is 23.2 Å². The number of hydrogen-bond acceptors (Lipinski definition) is 10. The number of benzene rings is 2. The van der Waals surface area contributed by atoms with Crippen molar-refractivity contribution in [3.8, 4) is 0 Å². The van der Waals surface area contributed by atoms with Gasteiger partial charge in [0, 0.05) is 10.7 Å². The number of aliphatic hydroxyl groups excluding tert-OH is 3. The highest BCUT2D eigenvalue weighted by Gasteiger charge is 2.14. The molecule has 0 aliphatic rings. The second-order valence-electron chi connectivity index (χ2n) is 6.84. The second-order valence-corrected chi connectivity index (χ2v) is 11.8. The lowest BCUT2D eigenvalue weighted by atomic mass is 10.2. The molecule has 2 rings (SSSR count). The van der Waals surface area contributed by atoms with Gasteiger partial charge in [-0.05, 0) is 38.1 Å². The van der Waals surface area contributed by atoms with Crippen molar-refractivity contribution in [1.82, 2.24) is 0 Å². The Kier molecular flexibility index (Phi) is 24.5. The maximum Gasteiger partial charge on any atom is 0.297 e. The molecular weight excluding hydrogens is 607 g/mol. The van der Waals surface area contributed by atoms with Gasteiger partial charge in [0.25, 0.3) is 19.2 Å². The fraction of sp³-hybridized carbons (Fsp3) is 0.478. The summed E-state index contributed by atoms with van der Waals surface area (Å²) in [6.45, 7) is 4.60. The fourth-order valence-electron chi connectivity index (χ4n) is 2.07. The van der Waals surface area contributed by atoms with Crippen LogP contribution in [-0.4, -0.2) is 90.3 Å². The third-order valence-corrected chi connectivity index (χ3v) is 6.48. The summed E-state index contributed by atoms with van der Waals surface area (Å²) in [4.78, 5) is 0.273. The third kappa shape index (κ3) is 21.9. The normalized spacial score (nSPS) is 10.7. The zero-order valence-corrected chi connectivity index (χ0v) is 25.0. The number of alkyl halides is 2. The van der Waals surface area contributed by atoms with Crippen LogP contribution in [0.25, 0.3) is 0 Å². The Hall–Kier alpha value is -1.03. The number of aliphatic hydroxyl groups is 3. The highest BCUT2D eigenvalue weighted by Crippen LogP contribution is 2.14. The van der Waals surface area contributed by atoms with Crippen molar-refractivity contribution in [3.63, 3.8) is 0 Å². The largest absolute Gasteiger partial charge is 0.394 e.